The molecule has 0 bridgehead atoms. The maximum atomic E-state index is 12.4. The molecule has 1 aliphatic heterocycles. The van der Waals surface area contributed by atoms with Gasteiger partial charge in [-0.05, 0) is 87.5 Å². The number of hydrogen-bond acceptors (Lipinski definition) is 0. The van der Waals surface area contributed by atoms with Gasteiger partial charge in [0, 0.05) is 64.4 Å². The van der Waals surface area contributed by atoms with Gasteiger partial charge < -0.3 is 5.53 Å². The minimum Gasteiger partial charge on any atom is -0.493 e. The van der Waals surface area contributed by atoms with Crippen LogP contribution < -0.4 is 0 Å². The molecule has 0 saturated heterocycles. The average Bonchev–Trinajstić information content (AvgIpc) is 3.39. The molecule has 0 fully saturated rings. The maximum Gasteiger partial charge on any atom is 0.211 e. The van der Waals surface area contributed by atoms with E-state index in [1.165, 1.54) is 104 Å². The van der Waals surface area contributed by atoms with E-state index < -0.39 is 0 Å². The number of allylic oxidation sites excluding steroid dienone is 2. The van der Waals surface area contributed by atoms with Crippen molar-refractivity contribution in [2.45, 2.75) is 175 Å². The standard InChI is InChI=1S/C47H66N2.Ni/c1-5-9-13-16-18-20-22-25-32-40-34-28-30-36-42(40)46-44(38-24-12-8-4)45(39-27-15-11-7-3)47(49(46)48)43-37-31-29-35-41(43)33-26-23-21-19-17-14-10-6-2;/h28-31,34-37H,5-17,22-27,32-33,38-39H2,1-4H3;. The van der Waals surface area contributed by atoms with Gasteiger partial charge in [0.25, 0.3) is 0 Å². The van der Waals surface area contributed by atoms with Crippen LogP contribution in [0.5, 0.6) is 0 Å². The van der Waals surface area contributed by atoms with Crippen molar-refractivity contribution >= 4 is 11.4 Å². The van der Waals surface area contributed by atoms with Gasteiger partial charge in [-0.15, -0.1) is 23.7 Å². The van der Waals surface area contributed by atoms with E-state index in [1.54, 1.807) is 4.70 Å². The van der Waals surface area contributed by atoms with Crippen molar-refractivity contribution in [1.29, 1.82) is 0 Å². The Balaban J connectivity index is 0.00000867. The molecule has 2 nitrogen and oxygen atoms in total. The molecule has 1 heterocycles. The fourth-order valence-corrected chi connectivity index (χ4v) is 6.98. The van der Waals surface area contributed by atoms with E-state index in [1.807, 2.05) is 0 Å². The number of unbranched alkanes of at least 4 members (excludes halogenated alkanes) is 13. The van der Waals surface area contributed by atoms with E-state index in [0.29, 0.717) is 0 Å². The summed E-state index contributed by atoms with van der Waals surface area (Å²) in [4.78, 5) is 0. The summed E-state index contributed by atoms with van der Waals surface area (Å²) in [7, 11) is 0. The Labute approximate surface area is 317 Å². The van der Waals surface area contributed by atoms with Crippen LogP contribution in [0.4, 0.5) is 0 Å². The van der Waals surface area contributed by atoms with Crippen molar-refractivity contribution in [3.63, 3.8) is 0 Å². The maximum absolute atomic E-state index is 12.4. The zero-order valence-electron chi connectivity index (χ0n) is 32.1. The molecule has 2 aromatic carbocycles. The van der Waals surface area contributed by atoms with E-state index in [9.17, 15) is 5.53 Å². The molecule has 2 aromatic rings. The molecule has 0 aromatic heterocycles. The minimum atomic E-state index is 0. The molecule has 0 saturated carbocycles. The number of benzene rings is 2. The van der Waals surface area contributed by atoms with Gasteiger partial charge in [-0.2, -0.15) is 0 Å². The summed E-state index contributed by atoms with van der Waals surface area (Å²) in [6.07, 6.45) is 25.7. The summed E-state index contributed by atoms with van der Waals surface area (Å²) in [6.45, 7) is 9.05. The number of nitrogens with zero attached hydrogens (tertiary/aromatic N) is 2. The molecule has 0 atom stereocenters. The van der Waals surface area contributed by atoms with Gasteiger partial charge in [-0.3, -0.25) is 0 Å². The van der Waals surface area contributed by atoms with Crippen LogP contribution in [0, 0.1) is 23.7 Å². The smallest absolute Gasteiger partial charge is 0.211 e. The summed E-state index contributed by atoms with van der Waals surface area (Å²) in [5.74, 6) is 13.6. The molecule has 50 heavy (non-hydrogen) atoms. The third-order valence-electron chi connectivity index (χ3n) is 9.77. The molecule has 1 aliphatic rings. The van der Waals surface area contributed by atoms with Gasteiger partial charge in [0.15, 0.2) is 0 Å². The van der Waals surface area contributed by atoms with Crippen LogP contribution in [-0.4, -0.2) is 4.70 Å². The second-order valence-electron chi connectivity index (χ2n) is 13.9. The van der Waals surface area contributed by atoms with Gasteiger partial charge in [-0.1, -0.05) is 122 Å². The molecular weight excluding hydrogens is 651 g/mol. The molecule has 0 unspecified atom stereocenters. The molecule has 0 N–H and O–H groups in total. The SMILES string of the molecule is CCCCCC#CCCCc1ccccc1C1=C(CCCCC)C(CCCCCC)=C(c2ccccc2CCCC#CCCCCC)[N+]1=[N-].[Ni]. The first-order valence-electron chi connectivity index (χ1n) is 20.2. The van der Waals surface area contributed by atoms with Crippen LogP contribution in [0.3, 0.4) is 0 Å². The van der Waals surface area contributed by atoms with Crippen LogP contribution in [-0.2, 0) is 29.3 Å². The zero-order chi connectivity index (χ0) is 34.9. The fraction of sp³-hybridized carbons (Fsp3) is 0.574. The third kappa shape index (κ3) is 14.4. The Hall–Kier alpha value is -2.87. The van der Waals surface area contributed by atoms with Crippen molar-refractivity contribution in [2.24, 2.45) is 0 Å². The molecule has 274 valence electrons. The Bertz CT molecular complexity index is 1470. The second-order valence-corrected chi connectivity index (χ2v) is 13.9. The summed E-state index contributed by atoms with van der Waals surface area (Å²) >= 11 is 0. The Kier molecular flexibility index (Phi) is 23.3. The van der Waals surface area contributed by atoms with Gasteiger partial charge in [0.2, 0.25) is 11.4 Å². The van der Waals surface area contributed by atoms with Gasteiger partial charge in [0.05, 0.1) is 0 Å². The summed E-state index contributed by atoms with van der Waals surface area (Å²) < 4.78 is 1.61. The predicted molar refractivity (Wildman–Crippen MR) is 213 cm³/mol. The third-order valence-corrected chi connectivity index (χ3v) is 9.77. The van der Waals surface area contributed by atoms with Crippen LogP contribution in [0.1, 0.15) is 185 Å². The molecular formula is C47H66N2Ni. The quantitative estimate of drug-likeness (QED) is 0.0473. The molecule has 3 rings (SSSR count). The van der Waals surface area contributed by atoms with Gasteiger partial charge >= 0.3 is 0 Å². The van der Waals surface area contributed by atoms with Crippen molar-refractivity contribution in [3.8, 4) is 23.7 Å². The number of rotatable bonds is 23. The van der Waals surface area contributed by atoms with Crippen LogP contribution in [0.25, 0.3) is 16.9 Å². The first-order valence-corrected chi connectivity index (χ1v) is 20.2. The van der Waals surface area contributed by atoms with E-state index >= 15 is 0 Å². The predicted octanol–water partition coefficient (Wildman–Crippen LogP) is 14.2. The first kappa shape index (κ1) is 43.3. The molecule has 0 aliphatic carbocycles. The van der Waals surface area contributed by atoms with Gasteiger partial charge in [-0.25, -0.2) is 4.70 Å². The van der Waals surface area contributed by atoms with Crippen molar-refractivity contribution in [2.75, 3.05) is 0 Å². The normalized spacial score (nSPS) is 12.4. The molecule has 0 radical (unpaired) electrons. The van der Waals surface area contributed by atoms with Crippen molar-refractivity contribution in [1.82, 2.24) is 0 Å². The minimum absolute atomic E-state index is 0. The Morgan fingerprint density at radius 2 is 0.800 bits per heavy atom. The van der Waals surface area contributed by atoms with Crippen LogP contribution >= 0.6 is 0 Å². The van der Waals surface area contributed by atoms with E-state index in [-0.39, 0.29) is 16.5 Å². The first-order chi connectivity index (χ1) is 24.2. The van der Waals surface area contributed by atoms with Crippen molar-refractivity contribution < 1.29 is 21.2 Å². The number of aryl methyl sites for hydroxylation is 2. The monoisotopic (exact) mass is 716 g/mol. The van der Waals surface area contributed by atoms with E-state index in [2.05, 4.69) is 99.9 Å². The average molecular weight is 718 g/mol. The molecule has 0 amide bonds. The molecule has 0 spiro atoms. The Morgan fingerprint density at radius 3 is 1.24 bits per heavy atom. The topological polar surface area (TPSA) is 25.3 Å². The summed E-state index contributed by atoms with van der Waals surface area (Å²) in [5, 5.41) is 0. The fourth-order valence-electron chi connectivity index (χ4n) is 6.98. The van der Waals surface area contributed by atoms with E-state index in [4.69, 9.17) is 0 Å². The summed E-state index contributed by atoms with van der Waals surface area (Å²) in [5.41, 5.74) is 22.2. The summed E-state index contributed by atoms with van der Waals surface area (Å²) in [6, 6.07) is 17.6. The molecule has 3 heteroatoms. The van der Waals surface area contributed by atoms with Crippen LogP contribution in [0.15, 0.2) is 59.7 Å². The van der Waals surface area contributed by atoms with E-state index in [0.717, 1.165) is 88.4 Å². The Morgan fingerprint density at radius 1 is 0.440 bits per heavy atom. The van der Waals surface area contributed by atoms with Gasteiger partial charge in [0.1, 0.15) is 0 Å². The van der Waals surface area contributed by atoms with Crippen LogP contribution in [0.2, 0.25) is 0 Å². The largest absolute Gasteiger partial charge is 0.493 e. The second kappa shape index (κ2) is 26.9. The number of hydrogen-bond donors (Lipinski definition) is 0. The zero-order valence-corrected chi connectivity index (χ0v) is 33.1. The van der Waals surface area contributed by atoms with Crippen molar-refractivity contribution in [3.05, 3.63) is 87.5 Å².